The van der Waals surface area contributed by atoms with Gasteiger partial charge in [0.25, 0.3) is 0 Å². The molecule has 0 aliphatic carbocycles. The molecule has 10 heteroatoms. The van der Waals surface area contributed by atoms with Crippen molar-refractivity contribution >= 4 is 27.9 Å². The topological polar surface area (TPSA) is 86.7 Å². The van der Waals surface area contributed by atoms with Gasteiger partial charge in [-0.05, 0) is 61.7 Å². The zero-order chi connectivity index (χ0) is 27.4. The van der Waals surface area contributed by atoms with Crippen LogP contribution >= 0.6 is 11.6 Å². The fourth-order valence-corrected chi connectivity index (χ4v) is 5.29. The number of β-amino-alcohol motifs (C(OH)–C–C–N with tert-alkyl or cyclic N) is 1. The van der Waals surface area contributed by atoms with E-state index in [4.69, 9.17) is 11.6 Å². The Labute approximate surface area is 220 Å². The summed E-state index contributed by atoms with van der Waals surface area (Å²) in [6.45, 7) is 3.68. The summed E-state index contributed by atoms with van der Waals surface area (Å²) in [5, 5.41) is 13.8. The summed E-state index contributed by atoms with van der Waals surface area (Å²) in [5.74, 6) is -1.15. The molecule has 0 amide bonds. The average molecular weight is 551 g/mol. The van der Waals surface area contributed by atoms with Gasteiger partial charge in [0.1, 0.15) is 17.9 Å². The van der Waals surface area contributed by atoms with Crippen LogP contribution in [0.2, 0.25) is 5.02 Å². The molecule has 3 rings (SSSR count). The molecular formula is C27H29ClF2N2O4S. The molecule has 198 valence electrons. The Morgan fingerprint density at radius 1 is 1.08 bits per heavy atom. The third-order valence-electron chi connectivity index (χ3n) is 5.90. The number of hydrogen-bond donors (Lipinski definition) is 2. The van der Waals surface area contributed by atoms with Gasteiger partial charge in [0.15, 0.2) is 0 Å². The Hall–Kier alpha value is -2.69. The molecule has 37 heavy (non-hydrogen) atoms. The molecule has 0 aliphatic heterocycles. The second-order valence-electron chi connectivity index (χ2n) is 9.51. The number of aliphatic hydroxyl groups excluding tert-OH is 1. The van der Waals surface area contributed by atoms with Crippen molar-refractivity contribution in [2.45, 2.75) is 36.8 Å². The van der Waals surface area contributed by atoms with Crippen LogP contribution in [0.4, 0.5) is 8.78 Å². The summed E-state index contributed by atoms with van der Waals surface area (Å²) >= 11 is 5.74. The summed E-state index contributed by atoms with van der Waals surface area (Å²) in [5.41, 5.74) is 0.891. The number of sulfonamides is 1. The zero-order valence-corrected chi connectivity index (χ0v) is 22.3. The lowest BCUT2D eigenvalue weighted by atomic mass is 9.94. The predicted molar refractivity (Wildman–Crippen MR) is 140 cm³/mol. The van der Waals surface area contributed by atoms with E-state index in [-0.39, 0.29) is 34.1 Å². The van der Waals surface area contributed by atoms with Crippen molar-refractivity contribution in [2.24, 2.45) is 0 Å². The summed E-state index contributed by atoms with van der Waals surface area (Å²) in [6, 6.07) is 14.4. The molecule has 0 radical (unpaired) electrons. The highest BCUT2D eigenvalue weighted by Gasteiger charge is 2.25. The fraction of sp³-hybridized carbons (Fsp3) is 0.296. The summed E-state index contributed by atoms with van der Waals surface area (Å²) in [6.07, 6.45) is -0.0434. The van der Waals surface area contributed by atoms with Crippen LogP contribution in [0.5, 0.6) is 0 Å². The number of carbonyl (C=O) groups is 1. The number of aliphatic hydroxyl groups is 1. The van der Waals surface area contributed by atoms with Gasteiger partial charge >= 0.3 is 0 Å². The molecule has 1 atom stereocenters. The van der Waals surface area contributed by atoms with E-state index >= 15 is 0 Å². The number of rotatable bonds is 11. The van der Waals surface area contributed by atoms with E-state index in [0.717, 1.165) is 15.9 Å². The number of carbonyl (C=O) groups excluding carboxylic acids is 1. The van der Waals surface area contributed by atoms with E-state index in [1.807, 2.05) is 13.8 Å². The van der Waals surface area contributed by atoms with Crippen LogP contribution in [0, 0.1) is 11.6 Å². The number of nitrogens with one attached hydrogen (secondary N) is 1. The SMILES string of the molecule is CN(C[C@H](O)CNC(C)(C)Cc1ccc(Cl)c(F)c1)S(=O)(=O)c1cccc(-c2ccc(C=O)cc2F)c1. The van der Waals surface area contributed by atoms with Crippen molar-refractivity contribution in [3.8, 4) is 11.1 Å². The molecule has 0 aromatic heterocycles. The number of benzene rings is 3. The van der Waals surface area contributed by atoms with Gasteiger partial charge in [0.05, 0.1) is 16.0 Å². The van der Waals surface area contributed by atoms with Gasteiger partial charge in [-0.15, -0.1) is 0 Å². The maximum Gasteiger partial charge on any atom is 0.242 e. The number of nitrogens with zero attached hydrogens (tertiary/aromatic N) is 1. The van der Waals surface area contributed by atoms with Crippen molar-refractivity contribution in [3.63, 3.8) is 0 Å². The molecule has 6 nitrogen and oxygen atoms in total. The van der Waals surface area contributed by atoms with Crippen LogP contribution in [-0.4, -0.2) is 55.9 Å². The molecule has 0 fully saturated rings. The highest BCUT2D eigenvalue weighted by molar-refractivity contribution is 7.89. The molecule has 0 bridgehead atoms. The maximum absolute atomic E-state index is 14.5. The Balaban J connectivity index is 1.65. The van der Waals surface area contributed by atoms with Gasteiger partial charge in [0.2, 0.25) is 10.0 Å². The van der Waals surface area contributed by atoms with E-state index in [9.17, 15) is 27.1 Å². The first kappa shape index (κ1) is 28.9. The molecular weight excluding hydrogens is 522 g/mol. The first-order valence-electron chi connectivity index (χ1n) is 11.5. The first-order chi connectivity index (χ1) is 17.3. The van der Waals surface area contributed by atoms with Crippen molar-refractivity contribution < 1.29 is 27.1 Å². The van der Waals surface area contributed by atoms with Gasteiger partial charge in [-0.1, -0.05) is 41.9 Å². The van der Waals surface area contributed by atoms with Crippen molar-refractivity contribution in [1.82, 2.24) is 9.62 Å². The van der Waals surface area contributed by atoms with Crippen molar-refractivity contribution in [2.75, 3.05) is 20.1 Å². The number of halogens is 3. The second kappa shape index (κ2) is 11.8. The van der Waals surface area contributed by atoms with Gasteiger partial charge in [-0.25, -0.2) is 17.2 Å². The lowest BCUT2D eigenvalue weighted by Crippen LogP contribution is -2.47. The summed E-state index contributed by atoms with van der Waals surface area (Å²) in [4.78, 5) is 10.8. The van der Waals surface area contributed by atoms with E-state index in [0.29, 0.717) is 18.3 Å². The predicted octanol–water partition coefficient (Wildman–Crippen LogP) is 4.69. The highest BCUT2D eigenvalue weighted by Crippen LogP contribution is 2.27. The maximum atomic E-state index is 14.5. The molecule has 3 aromatic carbocycles. The molecule has 0 unspecified atom stereocenters. The van der Waals surface area contributed by atoms with Crippen LogP contribution in [0.15, 0.2) is 65.6 Å². The molecule has 0 spiro atoms. The third-order valence-corrected chi connectivity index (χ3v) is 8.02. The molecule has 0 saturated carbocycles. The quantitative estimate of drug-likeness (QED) is 0.338. The number of likely N-dealkylation sites (N-methyl/N-ethyl adjacent to an activating group) is 1. The van der Waals surface area contributed by atoms with Crippen LogP contribution in [-0.2, 0) is 16.4 Å². The standard InChI is InChI=1S/C27H29ClF2N2O4S/c1-27(2,14-18-8-10-24(28)26(30)11-18)31-15-21(34)16-32(3)37(35,36)22-6-4-5-20(13-22)23-9-7-19(17-33)12-25(23)29/h4-13,17,21,31,34H,14-16H2,1-3H3/t21-/m1/s1. The Bertz CT molecular complexity index is 1380. The smallest absolute Gasteiger partial charge is 0.242 e. The van der Waals surface area contributed by atoms with Gasteiger partial charge in [-0.3, -0.25) is 4.79 Å². The minimum Gasteiger partial charge on any atom is -0.390 e. The number of hydrogen-bond acceptors (Lipinski definition) is 5. The normalized spacial score (nSPS) is 13.1. The minimum absolute atomic E-state index is 0.0423. The van der Waals surface area contributed by atoms with E-state index in [1.165, 1.54) is 49.5 Å². The summed E-state index contributed by atoms with van der Waals surface area (Å²) < 4.78 is 55.5. The summed E-state index contributed by atoms with van der Waals surface area (Å²) in [7, 11) is -2.64. The number of aldehydes is 1. The highest BCUT2D eigenvalue weighted by atomic mass is 35.5. The Morgan fingerprint density at radius 3 is 2.46 bits per heavy atom. The fourth-order valence-electron chi connectivity index (χ4n) is 3.92. The lowest BCUT2D eigenvalue weighted by Gasteiger charge is -2.29. The minimum atomic E-state index is -3.99. The van der Waals surface area contributed by atoms with Crippen LogP contribution in [0.1, 0.15) is 29.8 Å². The Kier molecular flexibility index (Phi) is 9.20. The van der Waals surface area contributed by atoms with Crippen molar-refractivity contribution in [1.29, 1.82) is 0 Å². The molecule has 0 saturated heterocycles. The monoisotopic (exact) mass is 550 g/mol. The second-order valence-corrected chi connectivity index (χ2v) is 12.0. The van der Waals surface area contributed by atoms with Gasteiger partial charge in [0, 0.05) is 36.8 Å². The molecule has 2 N–H and O–H groups in total. The van der Waals surface area contributed by atoms with E-state index < -0.39 is 33.3 Å². The first-order valence-corrected chi connectivity index (χ1v) is 13.3. The van der Waals surface area contributed by atoms with E-state index in [2.05, 4.69) is 5.32 Å². The third kappa shape index (κ3) is 7.43. The van der Waals surface area contributed by atoms with Gasteiger partial charge in [-0.2, -0.15) is 4.31 Å². The largest absolute Gasteiger partial charge is 0.390 e. The average Bonchev–Trinajstić information content (AvgIpc) is 2.85. The van der Waals surface area contributed by atoms with E-state index in [1.54, 1.807) is 12.1 Å². The van der Waals surface area contributed by atoms with Crippen LogP contribution in [0.3, 0.4) is 0 Å². The van der Waals surface area contributed by atoms with Gasteiger partial charge < -0.3 is 10.4 Å². The van der Waals surface area contributed by atoms with Crippen LogP contribution in [0.25, 0.3) is 11.1 Å². The van der Waals surface area contributed by atoms with Crippen molar-refractivity contribution in [3.05, 3.63) is 88.4 Å². The molecule has 3 aromatic rings. The zero-order valence-electron chi connectivity index (χ0n) is 20.7. The lowest BCUT2D eigenvalue weighted by molar-refractivity contribution is 0.112. The Morgan fingerprint density at radius 2 is 1.81 bits per heavy atom. The molecule has 0 aliphatic rings. The molecule has 0 heterocycles. The van der Waals surface area contributed by atoms with Crippen LogP contribution < -0.4 is 5.32 Å².